The lowest BCUT2D eigenvalue weighted by Crippen LogP contribution is -2.36. The molecule has 2 fully saturated rings. The Labute approximate surface area is 214 Å². The monoisotopic (exact) mass is 521 g/mol. The third-order valence-corrected chi connectivity index (χ3v) is 7.16. The number of hydrogen-bond donors (Lipinski definition) is 4. The van der Waals surface area contributed by atoms with Crippen molar-refractivity contribution in [2.45, 2.75) is 43.5 Å². The molecule has 0 aromatic carbocycles. The van der Waals surface area contributed by atoms with Crippen molar-refractivity contribution in [3.8, 4) is 0 Å². The van der Waals surface area contributed by atoms with E-state index in [9.17, 15) is 9.59 Å². The molecule has 2 aliphatic heterocycles. The minimum Gasteiger partial charge on any atom is -0.465 e. The average molecular weight is 522 g/mol. The summed E-state index contributed by atoms with van der Waals surface area (Å²) in [6.07, 6.45) is 7.55. The van der Waals surface area contributed by atoms with E-state index in [1.54, 1.807) is 24.4 Å². The van der Waals surface area contributed by atoms with E-state index in [2.05, 4.69) is 20.9 Å². The second kappa shape index (κ2) is 11.9. The average Bonchev–Trinajstić information content (AvgIpc) is 3.22. The molecular formula is C24H29Cl2N5O4. The van der Waals surface area contributed by atoms with E-state index < -0.39 is 11.5 Å². The first-order valence-corrected chi connectivity index (χ1v) is 12.6. The molecule has 1 aromatic rings. The van der Waals surface area contributed by atoms with Crippen molar-refractivity contribution in [2.24, 2.45) is 16.8 Å². The number of carbonyl (C=O) groups excluding carboxylic acids is 1. The summed E-state index contributed by atoms with van der Waals surface area (Å²) in [6, 6.07) is 3.38. The highest BCUT2D eigenvalue weighted by atomic mass is 35.5. The third kappa shape index (κ3) is 6.96. The van der Waals surface area contributed by atoms with E-state index in [-0.39, 0.29) is 17.9 Å². The van der Waals surface area contributed by atoms with Gasteiger partial charge in [-0.05, 0) is 62.3 Å². The number of nitrogens with zero attached hydrogens (tertiary/aromatic N) is 2. The molecule has 1 saturated carbocycles. The number of pyridine rings is 1. The zero-order valence-electron chi connectivity index (χ0n) is 19.2. The van der Waals surface area contributed by atoms with Crippen LogP contribution in [0.1, 0.15) is 37.8 Å². The molecule has 4 rings (SSSR count). The van der Waals surface area contributed by atoms with Gasteiger partial charge in [-0.2, -0.15) is 0 Å². The maximum atomic E-state index is 12.8. The Balaban J connectivity index is 1.46. The van der Waals surface area contributed by atoms with Gasteiger partial charge in [-0.1, -0.05) is 11.6 Å². The lowest BCUT2D eigenvalue weighted by Gasteiger charge is -2.22. The molecule has 1 aromatic heterocycles. The Bertz CT molecular complexity index is 1040. The van der Waals surface area contributed by atoms with Crippen molar-refractivity contribution in [3.05, 3.63) is 41.2 Å². The Morgan fingerprint density at radius 2 is 1.97 bits per heavy atom. The number of anilines is 1. The maximum Gasteiger partial charge on any atom is 0.404 e. The van der Waals surface area contributed by atoms with E-state index in [1.165, 1.54) is 0 Å². The summed E-state index contributed by atoms with van der Waals surface area (Å²) in [7, 11) is 0. The SMILES string of the molecule is O=C(O)NC1CCC(C(=O)NC2=NC=CC(Cl)C(c3nc(NCC4CCOCC4)ccc3Cl)=C2)C1. The van der Waals surface area contributed by atoms with E-state index in [4.69, 9.17) is 38.0 Å². The maximum absolute atomic E-state index is 12.8. The van der Waals surface area contributed by atoms with Crippen LogP contribution in [0.5, 0.6) is 0 Å². The Hall–Kier alpha value is -2.62. The molecule has 1 saturated heterocycles. The zero-order valence-corrected chi connectivity index (χ0v) is 20.7. The number of halogens is 2. The van der Waals surface area contributed by atoms with Crippen LogP contribution in [0, 0.1) is 11.8 Å². The van der Waals surface area contributed by atoms with Crippen molar-refractivity contribution >= 4 is 52.4 Å². The molecule has 0 radical (unpaired) electrons. The molecule has 3 unspecified atom stereocenters. The number of carboxylic acid groups (broad SMARTS) is 1. The Morgan fingerprint density at radius 3 is 2.74 bits per heavy atom. The predicted octanol–water partition coefficient (Wildman–Crippen LogP) is 4.04. The van der Waals surface area contributed by atoms with Gasteiger partial charge in [-0.15, -0.1) is 11.6 Å². The van der Waals surface area contributed by atoms with E-state index >= 15 is 0 Å². The molecule has 35 heavy (non-hydrogen) atoms. The number of carbonyl (C=O) groups is 2. The fourth-order valence-electron chi connectivity index (χ4n) is 4.53. The van der Waals surface area contributed by atoms with Crippen LogP contribution >= 0.6 is 23.2 Å². The van der Waals surface area contributed by atoms with Crippen LogP contribution in [0.3, 0.4) is 0 Å². The van der Waals surface area contributed by atoms with E-state index in [1.807, 2.05) is 6.07 Å². The van der Waals surface area contributed by atoms with Gasteiger partial charge in [0.05, 0.1) is 16.1 Å². The molecule has 0 bridgehead atoms. The summed E-state index contributed by atoms with van der Waals surface area (Å²) in [5.74, 6) is 1.04. The minimum absolute atomic E-state index is 0.207. The molecule has 0 spiro atoms. The van der Waals surface area contributed by atoms with Gasteiger partial charge in [0.1, 0.15) is 11.7 Å². The van der Waals surface area contributed by atoms with Crippen molar-refractivity contribution in [3.63, 3.8) is 0 Å². The minimum atomic E-state index is -1.08. The van der Waals surface area contributed by atoms with Gasteiger partial charge in [-0.3, -0.25) is 4.79 Å². The van der Waals surface area contributed by atoms with Crippen molar-refractivity contribution in [1.82, 2.24) is 15.6 Å². The summed E-state index contributed by atoms with van der Waals surface area (Å²) in [4.78, 5) is 32.7. The number of hydrogen-bond acceptors (Lipinski definition) is 6. The standard InChI is InChI=1S/C24H29Cl2N5O4/c25-18-5-8-27-21(31-23(32)15-1-2-16(11-15)29-24(33)34)12-17(18)22-19(26)3-4-20(30-22)28-13-14-6-9-35-10-7-14/h3-5,8,12,14-16,18,29H,1-2,6-7,9-11,13H2,(H,28,30)(H,33,34)(H,27,31,32). The summed E-state index contributed by atoms with van der Waals surface area (Å²) in [5, 5.41) is 17.5. The van der Waals surface area contributed by atoms with Crippen LogP contribution in [0.25, 0.3) is 5.57 Å². The van der Waals surface area contributed by atoms with E-state index in [0.29, 0.717) is 53.1 Å². The number of ether oxygens (including phenoxy) is 1. The molecule has 9 nitrogen and oxygen atoms in total. The number of amidine groups is 1. The summed E-state index contributed by atoms with van der Waals surface area (Å²) >= 11 is 13.1. The fourth-order valence-corrected chi connectivity index (χ4v) is 4.98. The fraction of sp³-hybridized carbons (Fsp3) is 0.500. The van der Waals surface area contributed by atoms with Crippen LogP contribution in [0.4, 0.5) is 10.6 Å². The van der Waals surface area contributed by atoms with Crippen LogP contribution in [0.15, 0.2) is 35.5 Å². The number of rotatable bonds is 6. The highest BCUT2D eigenvalue weighted by Gasteiger charge is 2.31. The molecule has 1 aliphatic carbocycles. The van der Waals surface area contributed by atoms with Crippen LogP contribution in [0.2, 0.25) is 5.02 Å². The van der Waals surface area contributed by atoms with Gasteiger partial charge in [-0.25, -0.2) is 14.8 Å². The molecule has 3 heterocycles. The highest BCUT2D eigenvalue weighted by Crippen LogP contribution is 2.31. The molecule has 3 aliphatic rings. The van der Waals surface area contributed by atoms with Crippen LogP contribution in [-0.2, 0) is 9.53 Å². The zero-order chi connectivity index (χ0) is 24.8. The number of nitrogens with one attached hydrogen (secondary N) is 3. The van der Waals surface area contributed by atoms with Crippen LogP contribution in [-0.4, -0.2) is 59.1 Å². The first kappa shape index (κ1) is 25.5. The lowest BCUT2D eigenvalue weighted by atomic mass is 10.0. The Morgan fingerprint density at radius 1 is 1.17 bits per heavy atom. The predicted molar refractivity (Wildman–Crippen MR) is 136 cm³/mol. The van der Waals surface area contributed by atoms with Gasteiger partial charge >= 0.3 is 6.09 Å². The van der Waals surface area contributed by atoms with Gasteiger partial charge < -0.3 is 25.8 Å². The van der Waals surface area contributed by atoms with Gasteiger partial charge in [0.15, 0.2) is 0 Å². The number of aromatic nitrogens is 1. The molecule has 11 heteroatoms. The number of alkyl halides is 1. The number of aliphatic imine (C=N–C) groups is 1. The number of allylic oxidation sites excluding steroid dienone is 2. The molecule has 2 amide bonds. The molecule has 4 N–H and O–H groups in total. The van der Waals surface area contributed by atoms with Crippen molar-refractivity contribution in [2.75, 3.05) is 25.1 Å². The second-order valence-corrected chi connectivity index (χ2v) is 9.84. The third-order valence-electron chi connectivity index (χ3n) is 6.47. The molecule has 188 valence electrons. The smallest absolute Gasteiger partial charge is 0.404 e. The van der Waals surface area contributed by atoms with Crippen molar-refractivity contribution < 1.29 is 19.4 Å². The number of amides is 2. The topological polar surface area (TPSA) is 125 Å². The van der Waals surface area contributed by atoms with E-state index in [0.717, 1.165) is 32.6 Å². The summed E-state index contributed by atoms with van der Waals surface area (Å²) in [6.45, 7) is 2.36. The first-order chi connectivity index (χ1) is 16.9. The normalized spacial score (nSPS) is 24.8. The lowest BCUT2D eigenvalue weighted by molar-refractivity contribution is -0.123. The van der Waals surface area contributed by atoms with Crippen molar-refractivity contribution in [1.29, 1.82) is 0 Å². The second-order valence-electron chi connectivity index (χ2n) is 8.97. The van der Waals surface area contributed by atoms with Crippen LogP contribution < -0.4 is 16.0 Å². The highest BCUT2D eigenvalue weighted by molar-refractivity contribution is 6.34. The summed E-state index contributed by atoms with van der Waals surface area (Å²) in [5.41, 5.74) is 1.14. The van der Waals surface area contributed by atoms with Gasteiger partial charge in [0.2, 0.25) is 5.91 Å². The summed E-state index contributed by atoms with van der Waals surface area (Å²) < 4.78 is 5.42. The van der Waals surface area contributed by atoms with Gasteiger partial charge in [0.25, 0.3) is 0 Å². The first-order valence-electron chi connectivity index (χ1n) is 11.8. The molecular weight excluding hydrogens is 493 g/mol. The molecule has 3 atom stereocenters. The quantitative estimate of drug-likeness (QED) is 0.418. The van der Waals surface area contributed by atoms with Gasteiger partial charge in [0, 0.05) is 43.5 Å². The largest absolute Gasteiger partial charge is 0.465 e. The Kier molecular flexibility index (Phi) is 8.64.